The van der Waals surface area contributed by atoms with Crippen LogP contribution in [0.5, 0.6) is 5.75 Å². The fourth-order valence-corrected chi connectivity index (χ4v) is 2.74. The summed E-state index contributed by atoms with van der Waals surface area (Å²) in [5.41, 5.74) is 2.54. The van der Waals surface area contributed by atoms with Crippen molar-refractivity contribution in [2.45, 2.75) is 6.04 Å². The molecular formula is C17H14FN5O. The van der Waals surface area contributed by atoms with E-state index in [0.717, 1.165) is 22.6 Å². The molecule has 0 aliphatic carbocycles. The molecule has 1 aliphatic heterocycles. The zero-order valence-corrected chi connectivity index (χ0v) is 12.8. The van der Waals surface area contributed by atoms with E-state index in [1.54, 1.807) is 17.9 Å². The molecule has 0 unspecified atom stereocenters. The van der Waals surface area contributed by atoms with Crippen LogP contribution in [0.4, 0.5) is 10.3 Å². The lowest BCUT2D eigenvalue weighted by molar-refractivity contribution is 0.414. The lowest BCUT2D eigenvalue weighted by Crippen LogP contribution is -2.20. The van der Waals surface area contributed by atoms with Gasteiger partial charge in [0.25, 0.3) is 0 Å². The predicted molar refractivity (Wildman–Crippen MR) is 86.9 cm³/mol. The predicted octanol–water partition coefficient (Wildman–Crippen LogP) is 2.88. The number of aromatic nitrogens is 4. The van der Waals surface area contributed by atoms with E-state index >= 15 is 0 Å². The molecule has 1 atom stereocenters. The number of fused-ring (bicyclic) bond motifs is 1. The molecule has 7 heteroatoms. The Morgan fingerprint density at radius 1 is 1.17 bits per heavy atom. The van der Waals surface area contributed by atoms with Crippen molar-refractivity contribution in [2.75, 3.05) is 12.4 Å². The Bertz CT molecular complexity index is 921. The second kappa shape index (κ2) is 5.77. The second-order valence-corrected chi connectivity index (χ2v) is 5.38. The van der Waals surface area contributed by atoms with Crippen LogP contribution < -0.4 is 10.1 Å². The number of benzene rings is 2. The van der Waals surface area contributed by atoms with Crippen LogP contribution in [0.2, 0.25) is 0 Å². The third-order valence-corrected chi connectivity index (χ3v) is 3.90. The molecule has 2 heterocycles. The lowest BCUT2D eigenvalue weighted by atomic mass is 10.0. The first-order valence-corrected chi connectivity index (χ1v) is 7.41. The molecule has 6 nitrogen and oxygen atoms in total. The number of hydrogen-bond donors (Lipinski definition) is 1. The van der Waals surface area contributed by atoms with Crippen molar-refractivity contribution in [2.24, 2.45) is 0 Å². The fraction of sp³-hybridized carbons (Fsp3) is 0.118. The summed E-state index contributed by atoms with van der Waals surface area (Å²) in [6.07, 6.45) is 1.97. The Kier molecular flexibility index (Phi) is 3.45. The van der Waals surface area contributed by atoms with Crippen molar-refractivity contribution >= 4 is 11.6 Å². The van der Waals surface area contributed by atoms with Crippen molar-refractivity contribution in [3.63, 3.8) is 0 Å². The third-order valence-electron chi connectivity index (χ3n) is 3.90. The van der Waals surface area contributed by atoms with Crippen LogP contribution in [0.3, 0.4) is 0 Å². The number of rotatable bonds is 3. The van der Waals surface area contributed by atoms with Gasteiger partial charge in [0, 0.05) is 11.3 Å². The molecule has 4 rings (SSSR count). The van der Waals surface area contributed by atoms with Gasteiger partial charge < -0.3 is 10.1 Å². The highest BCUT2D eigenvalue weighted by Gasteiger charge is 2.24. The Hall–Kier alpha value is -3.22. The van der Waals surface area contributed by atoms with E-state index in [9.17, 15) is 4.39 Å². The number of tetrazole rings is 1. The average molecular weight is 323 g/mol. The number of nitrogens with one attached hydrogen (secondary N) is 1. The first kappa shape index (κ1) is 14.4. The monoisotopic (exact) mass is 323 g/mol. The standard InChI is InChI=1S/C17H14FN5O/c1-24-14-7-3-4-11(9-14)15-10-16(12-5-2-6-13(18)8-12)23-17(19-15)20-21-22-23/h2-10,16H,1H3,(H,19,20,22)/t16-/m0/s1. The Balaban J connectivity index is 1.81. The van der Waals surface area contributed by atoms with Gasteiger partial charge >= 0.3 is 0 Å². The summed E-state index contributed by atoms with van der Waals surface area (Å²) in [4.78, 5) is 0. The number of methoxy groups -OCH3 is 1. The van der Waals surface area contributed by atoms with Gasteiger partial charge in [-0.1, -0.05) is 29.4 Å². The van der Waals surface area contributed by atoms with Crippen LogP contribution in [-0.2, 0) is 0 Å². The third kappa shape index (κ3) is 2.50. The van der Waals surface area contributed by atoms with Crippen LogP contribution in [0.25, 0.3) is 5.70 Å². The molecule has 0 saturated carbocycles. The van der Waals surface area contributed by atoms with Crippen LogP contribution in [0, 0.1) is 5.82 Å². The molecule has 0 spiro atoms. The number of anilines is 1. The molecule has 3 aromatic rings. The van der Waals surface area contributed by atoms with Gasteiger partial charge in [-0.3, -0.25) is 0 Å². The first-order chi connectivity index (χ1) is 11.7. The Labute approximate surface area is 137 Å². The zero-order valence-electron chi connectivity index (χ0n) is 12.8. The molecule has 1 N–H and O–H groups in total. The topological polar surface area (TPSA) is 64.9 Å². The quantitative estimate of drug-likeness (QED) is 0.803. The molecule has 1 aromatic heterocycles. The van der Waals surface area contributed by atoms with Gasteiger partial charge in [0.2, 0.25) is 5.95 Å². The number of ether oxygens (including phenoxy) is 1. The Morgan fingerprint density at radius 3 is 2.88 bits per heavy atom. The molecular weight excluding hydrogens is 309 g/mol. The van der Waals surface area contributed by atoms with Crippen molar-refractivity contribution in [1.29, 1.82) is 0 Å². The van der Waals surface area contributed by atoms with Crippen molar-refractivity contribution in [1.82, 2.24) is 20.2 Å². The summed E-state index contributed by atoms with van der Waals surface area (Å²) in [6.45, 7) is 0. The summed E-state index contributed by atoms with van der Waals surface area (Å²) in [5, 5.41) is 14.9. The van der Waals surface area contributed by atoms with Crippen LogP contribution in [0.15, 0.2) is 54.6 Å². The summed E-state index contributed by atoms with van der Waals surface area (Å²) in [5.74, 6) is 0.962. The van der Waals surface area contributed by atoms with Crippen molar-refractivity contribution in [3.05, 3.63) is 71.6 Å². The summed E-state index contributed by atoms with van der Waals surface area (Å²) in [6, 6.07) is 13.8. The van der Waals surface area contributed by atoms with Gasteiger partial charge in [-0.05, 0) is 46.3 Å². The maximum atomic E-state index is 13.6. The minimum atomic E-state index is -0.298. The molecule has 120 valence electrons. The first-order valence-electron chi connectivity index (χ1n) is 7.41. The molecule has 1 aliphatic rings. The number of nitrogens with zero attached hydrogens (tertiary/aromatic N) is 4. The smallest absolute Gasteiger partial charge is 0.248 e. The maximum Gasteiger partial charge on any atom is 0.248 e. The minimum Gasteiger partial charge on any atom is -0.497 e. The maximum absolute atomic E-state index is 13.6. The van der Waals surface area contributed by atoms with Gasteiger partial charge in [0.05, 0.1) is 7.11 Å². The molecule has 24 heavy (non-hydrogen) atoms. The molecule has 2 aromatic carbocycles. The number of allylic oxidation sites excluding steroid dienone is 1. The van der Waals surface area contributed by atoms with E-state index in [1.807, 2.05) is 36.4 Å². The summed E-state index contributed by atoms with van der Waals surface area (Å²) < 4.78 is 20.5. The number of halogens is 1. The molecule has 0 saturated heterocycles. The lowest BCUT2D eigenvalue weighted by Gasteiger charge is -2.23. The molecule has 0 fully saturated rings. The van der Waals surface area contributed by atoms with Gasteiger partial charge in [-0.2, -0.15) is 4.68 Å². The summed E-state index contributed by atoms with van der Waals surface area (Å²) in [7, 11) is 1.62. The minimum absolute atomic E-state index is 0.294. The van der Waals surface area contributed by atoms with Crippen molar-refractivity contribution < 1.29 is 9.13 Å². The van der Waals surface area contributed by atoms with E-state index in [2.05, 4.69) is 20.8 Å². The highest BCUT2D eigenvalue weighted by molar-refractivity contribution is 5.77. The van der Waals surface area contributed by atoms with E-state index in [0.29, 0.717) is 5.95 Å². The van der Waals surface area contributed by atoms with Gasteiger partial charge in [0.1, 0.15) is 17.6 Å². The molecule has 0 radical (unpaired) electrons. The molecule has 0 bridgehead atoms. The van der Waals surface area contributed by atoms with Gasteiger partial charge in [-0.15, -0.1) is 0 Å². The largest absolute Gasteiger partial charge is 0.497 e. The Morgan fingerprint density at radius 2 is 2.04 bits per heavy atom. The fourth-order valence-electron chi connectivity index (χ4n) is 2.74. The normalized spacial score (nSPS) is 16.1. The van der Waals surface area contributed by atoms with Gasteiger partial charge in [0.15, 0.2) is 0 Å². The molecule has 0 amide bonds. The van der Waals surface area contributed by atoms with E-state index in [-0.39, 0.29) is 11.9 Å². The van der Waals surface area contributed by atoms with E-state index < -0.39 is 0 Å². The average Bonchev–Trinajstić information content (AvgIpc) is 3.09. The van der Waals surface area contributed by atoms with E-state index in [4.69, 9.17) is 4.74 Å². The zero-order chi connectivity index (χ0) is 16.5. The van der Waals surface area contributed by atoms with Crippen molar-refractivity contribution in [3.8, 4) is 5.75 Å². The SMILES string of the molecule is COc1cccc(C2=C[C@@H](c3cccc(F)c3)n3nnnc3N2)c1. The number of hydrogen-bond acceptors (Lipinski definition) is 5. The second-order valence-electron chi connectivity index (χ2n) is 5.38. The van der Waals surface area contributed by atoms with Gasteiger partial charge in [-0.25, -0.2) is 4.39 Å². The van der Waals surface area contributed by atoms with E-state index in [1.165, 1.54) is 12.1 Å². The van der Waals surface area contributed by atoms with Crippen LogP contribution in [-0.4, -0.2) is 27.3 Å². The van der Waals surface area contributed by atoms with Crippen LogP contribution in [0.1, 0.15) is 17.2 Å². The summed E-state index contributed by atoms with van der Waals surface area (Å²) >= 11 is 0. The van der Waals surface area contributed by atoms with Crippen LogP contribution >= 0.6 is 0 Å². The highest BCUT2D eigenvalue weighted by atomic mass is 19.1. The highest BCUT2D eigenvalue weighted by Crippen LogP contribution is 2.32.